The zero-order chi connectivity index (χ0) is 15.2. The molecule has 0 atom stereocenters. The number of benzene rings is 1. The second-order valence-corrected chi connectivity index (χ2v) is 5.21. The normalized spacial score (nSPS) is 9.67. The molecule has 2 aromatic rings. The Morgan fingerprint density at radius 1 is 1.19 bits per heavy atom. The predicted octanol–water partition coefficient (Wildman–Crippen LogP) is 1.57. The highest BCUT2D eigenvalue weighted by molar-refractivity contribution is 7.14. The Morgan fingerprint density at radius 3 is 2.52 bits per heavy atom. The lowest BCUT2D eigenvalue weighted by atomic mass is 10.3. The maximum atomic E-state index is 11.8. The van der Waals surface area contributed by atoms with Gasteiger partial charge in [-0.25, -0.2) is 0 Å². The lowest BCUT2D eigenvalue weighted by molar-refractivity contribution is -0.115. The summed E-state index contributed by atoms with van der Waals surface area (Å²) in [7, 11) is 0. The first-order chi connectivity index (χ1) is 10.1. The predicted molar refractivity (Wildman–Crippen MR) is 80.9 cm³/mol. The average Bonchev–Trinajstić information content (AvgIpc) is 2.96. The lowest BCUT2D eigenvalue weighted by Gasteiger charge is -2.06. The Balaban J connectivity index is 1.85. The summed E-state index contributed by atoms with van der Waals surface area (Å²) in [5.74, 6) is -0.723. The highest BCUT2D eigenvalue weighted by Crippen LogP contribution is 2.15. The molecule has 21 heavy (non-hydrogen) atoms. The number of nitrogen functional groups attached to an aromatic ring is 1. The number of thiophene rings is 1. The first kappa shape index (κ1) is 14.6. The third-order valence-corrected chi connectivity index (χ3v) is 3.53. The van der Waals surface area contributed by atoms with E-state index in [1.54, 1.807) is 36.4 Å². The van der Waals surface area contributed by atoms with E-state index in [4.69, 9.17) is 11.0 Å². The quantitative estimate of drug-likeness (QED) is 0.745. The number of rotatable bonds is 4. The molecular formula is C14H12N4O2S. The molecule has 106 valence electrons. The van der Waals surface area contributed by atoms with Crippen LogP contribution in [0.1, 0.15) is 14.5 Å². The molecule has 0 fully saturated rings. The molecule has 4 N–H and O–H groups in total. The second-order valence-electron chi connectivity index (χ2n) is 4.13. The molecule has 0 bridgehead atoms. The molecule has 0 aliphatic heterocycles. The second kappa shape index (κ2) is 6.54. The monoisotopic (exact) mass is 300 g/mol. The van der Waals surface area contributed by atoms with E-state index in [0.717, 1.165) is 11.3 Å². The molecule has 0 aliphatic rings. The Bertz CT molecular complexity index is 701. The van der Waals surface area contributed by atoms with E-state index in [9.17, 15) is 9.59 Å². The number of hydrogen-bond donors (Lipinski definition) is 3. The fraction of sp³-hybridized carbons (Fsp3) is 0.0714. The number of nitrogens with one attached hydrogen (secondary N) is 2. The molecule has 2 amide bonds. The van der Waals surface area contributed by atoms with Gasteiger partial charge in [0.2, 0.25) is 5.91 Å². The molecule has 0 radical (unpaired) electrons. The molecule has 0 unspecified atom stereocenters. The van der Waals surface area contributed by atoms with Gasteiger partial charge in [0.05, 0.1) is 11.4 Å². The van der Waals surface area contributed by atoms with Gasteiger partial charge in [-0.1, -0.05) is 0 Å². The van der Waals surface area contributed by atoms with Crippen LogP contribution >= 0.6 is 11.3 Å². The SMILES string of the molecule is N#Cc1ccc(C(=O)NCC(=O)Nc2ccc(N)cc2)s1. The summed E-state index contributed by atoms with van der Waals surface area (Å²) in [5, 5.41) is 13.8. The standard InChI is InChI=1S/C14H12N4O2S/c15-7-11-5-6-12(21-11)14(20)17-8-13(19)18-10-3-1-9(16)2-4-10/h1-6H,8,16H2,(H,17,20)(H,18,19). The molecule has 6 nitrogen and oxygen atoms in total. The zero-order valence-electron chi connectivity index (χ0n) is 10.9. The van der Waals surface area contributed by atoms with Crippen molar-refractivity contribution in [2.45, 2.75) is 0 Å². The van der Waals surface area contributed by atoms with Gasteiger partial charge in [-0.2, -0.15) is 5.26 Å². The molecule has 0 saturated heterocycles. The van der Waals surface area contributed by atoms with Crippen LogP contribution in [0.3, 0.4) is 0 Å². The minimum Gasteiger partial charge on any atom is -0.399 e. The number of nitrogens with zero attached hydrogens (tertiary/aromatic N) is 1. The number of nitriles is 1. The Morgan fingerprint density at radius 2 is 1.90 bits per heavy atom. The van der Waals surface area contributed by atoms with E-state index in [0.29, 0.717) is 21.1 Å². The van der Waals surface area contributed by atoms with Crippen LogP contribution in [0.15, 0.2) is 36.4 Å². The lowest BCUT2D eigenvalue weighted by Crippen LogP contribution is -2.32. The number of nitrogens with two attached hydrogens (primary N) is 1. The maximum absolute atomic E-state index is 11.8. The third kappa shape index (κ3) is 4.06. The van der Waals surface area contributed by atoms with Crippen LogP contribution < -0.4 is 16.4 Å². The molecule has 1 heterocycles. The molecule has 1 aromatic heterocycles. The summed E-state index contributed by atoms with van der Waals surface area (Å²) in [4.78, 5) is 24.3. The summed E-state index contributed by atoms with van der Waals surface area (Å²) in [5.41, 5.74) is 6.75. The van der Waals surface area contributed by atoms with Crippen molar-refractivity contribution >= 4 is 34.5 Å². The molecule has 0 aliphatic carbocycles. The number of amides is 2. The third-order valence-electron chi connectivity index (χ3n) is 2.54. The maximum Gasteiger partial charge on any atom is 0.261 e. The number of carbonyl (C=O) groups excluding carboxylic acids is 2. The van der Waals surface area contributed by atoms with E-state index in [-0.39, 0.29) is 18.4 Å². The van der Waals surface area contributed by atoms with Crippen molar-refractivity contribution < 1.29 is 9.59 Å². The molecule has 0 spiro atoms. The number of hydrogen-bond acceptors (Lipinski definition) is 5. The average molecular weight is 300 g/mol. The molecule has 7 heteroatoms. The van der Waals surface area contributed by atoms with Crippen molar-refractivity contribution in [2.75, 3.05) is 17.6 Å². The van der Waals surface area contributed by atoms with Gasteiger partial charge < -0.3 is 16.4 Å². The fourth-order valence-electron chi connectivity index (χ4n) is 1.54. The van der Waals surface area contributed by atoms with Gasteiger partial charge in [-0.15, -0.1) is 11.3 Å². The highest BCUT2D eigenvalue weighted by atomic mass is 32.1. The molecule has 0 saturated carbocycles. The van der Waals surface area contributed by atoms with Gasteiger partial charge in [0.1, 0.15) is 10.9 Å². The Kier molecular flexibility index (Phi) is 4.53. The first-order valence-electron chi connectivity index (χ1n) is 6.02. The van der Waals surface area contributed by atoms with Gasteiger partial charge in [-0.3, -0.25) is 9.59 Å². The van der Waals surface area contributed by atoms with Gasteiger partial charge in [0, 0.05) is 11.4 Å². The summed E-state index contributed by atoms with van der Waals surface area (Å²) in [6, 6.07) is 11.8. The van der Waals surface area contributed by atoms with Gasteiger partial charge in [-0.05, 0) is 36.4 Å². The van der Waals surface area contributed by atoms with E-state index >= 15 is 0 Å². The van der Waals surface area contributed by atoms with Crippen LogP contribution in [0.2, 0.25) is 0 Å². The van der Waals surface area contributed by atoms with Crippen molar-refractivity contribution in [3.63, 3.8) is 0 Å². The topological polar surface area (TPSA) is 108 Å². The Labute approximate surface area is 125 Å². The first-order valence-corrected chi connectivity index (χ1v) is 6.83. The molecule has 2 rings (SSSR count). The van der Waals surface area contributed by atoms with E-state index in [1.807, 2.05) is 6.07 Å². The van der Waals surface area contributed by atoms with Gasteiger partial charge in [0.15, 0.2) is 0 Å². The number of anilines is 2. The van der Waals surface area contributed by atoms with Crippen molar-refractivity contribution in [1.82, 2.24) is 5.32 Å². The van der Waals surface area contributed by atoms with Crippen molar-refractivity contribution in [1.29, 1.82) is 5.26 Å². The van der Waals surface area contributed by atoms with Crippen LogP contribution in [0.4, 0.5) is 11.4 Å². The van der Waals surface area contributed by atoms with Crippen molar-refractivity contribution in [3.8, 4) is 6.07 Å². The fourth-order valence-corrected chi connectivity index (χ4v) is 2.26. The molecular weight excluding hydrogens is 288 g/mol. The van der Waals surface area contributed by atoms with Crippen LogP contribution in [0.25, 0.3) is 0 Å². The summed E-state index contributed by atoms with van der Waals surface area (Å²) in [6.07, 6.45) is 0. The van der Waals surface area contributed by atoms with Crippen LogP contribution in [0.5, 0.6) is 0 Å². The van der Waals surface area contributed by atoms with Crippen molar-refractivity contribution in [3.05, 3.63) is 46.2 Å². The largest absolute Gasteiger partial charge is 0.399 e. The van der Waals surface area contributed by atoms with Gasteiger partial charge >= 0.3 is 0 Å². The summed E-state index contributed by atoms with van der Waals surface area (Å²) < 4.78 is 0. The Hall–Kier alpha value is -2.85. The minimum absolute atomic E-state index is 0.150. The summed E-state index contributed by atoms with van der Waals surface area (Å²) >= 11 is 1.08. The van der Waals surface area contributed by atoms with E-state index in [1.165, 1.54) is 0 Å². The smallest absolute Gasteiger partial charge is 0.261 e. The van der Waals surface area contributed by atoms with Crippen LogP contribution in [-0.2, 0) is 4.79 Å². The highest BCUT2D eigenvalue weighted by Gasteiger charge is 2.10. The zero-order valence-corrected chi connectivity index (χ0v) is 11.7. The van der Waals surface area contributed by atoms with Crippen molar-refractivity contribution in [2.24, 2.45) is 0 Å². The summed E-state index contributed by atoms with van der Waals surface area (Å²) in [6.45, 7) is -0.150. The molecule has 1 aromatic carbocycles. The minimum atomic E-state index is -0.381. The van der Waals surface area contributed by atoms with E-state index in [2.05, 4.69) is 10.6 Å². The number of carbonyl (C=O) groups is 2. The van der Waals surface area contributed by atoms with E-state index < -0.39 is 0 Å². The van der Waals surface area contributed by atoms with Crippen LogP contribution in [-0.4, -0.2) is 18.4 Å². The van der Waals surface area contributed by atoms with Crippen LogP contribution in [0, 0.1) is 11.3 Å². The van der Waals surface area contributed by atoms with Gasteiger partial charge in [0.25, 0.3) is 5.91 Å².